The van der Waals surface area contributed by atoms with Crippen LogP contribution in [0.5, 0.6) is 0 Å². The molecule has 1 aromatic rings. The van der Waals surface area contributed by atoms with Gasteiger partial charge < -0.3 is 15.4 Å². The molecular weight excluding hydrogens is 228 g/mol. The number of methoxy groups -OCH3 is 1. The van der Waals surface area contributed by atoms with Gasteiger partial charge >= 0.3 is 0 Å². The zero-order valence-electron chi connectivity index (χ0n) is 11.8. The van der Waals surface area contributed by atoms with Gasteiger partial charge in [-0.15, -0.1) is 0 Å². The molecule has 0 bridgehead atoms. The first-order chi connectivity index (χ1) is 8.69. The molecule has 5 heteroatoms. The molecule has 0 saturated carbocycles. The second-order valence-corrected chi connectivity index (χ2v) is 4.35. The highest BCUT2D eigenvalue weighted by molar-refractivity contribution is 5.42. The molecule has 5 nitrogen and oxygen atoms in total. The van der Waals surface area contributed by atoms with Crippen molar-refractivity contribution in [3.63, 3.8) is 0 Å². The predicted octanol–water partition coefficient (Wildman–Crippen LogP) is 2.44. The van der Waals surface area contributed by atoms with Crippen LogP contribution in [-0.4, -0.2) is 36.3 Å². The zero-order valence-corrected chi connectivity index (χ0v) is 11.8. The Kier molecular flexibility index (Phi) is 6.43. The van der Waals surface area contributed by atoms with Crippen molar-refractivity contribution < 1.29 is 4.74 Å². The Bertz CT molecular complexity index is 357. The molecular formula is C13H24N4O. The van der Waals surface area contributed by atoms with Crippen molar-refractivity contribution >= 4 is 11.8 Å². The van der Waals surface area contributed by atoms with E-state index in [0.29, 0.717) is 12.6 Å². The highest BCUT2D eigenvalue weighted by atomic mass is 16.5. The second-order valence-electron chi connectivity index (χ2n) is 4.35. The lowest BCUT2D eigenvalue weighted by Crippen LogP contribution is -2.24. The molecule has 1 unspecified atom stereocenters. The summed E-state index contributed by atoms with van der Waals surface area (Å²) < 4.78 is 5.17. The van der Waals surface area contributed by atoms with Gasteiger partial charge in [0.2, 0.25) is 5.95 Å². The van der Waals surface area contributed by atoms with E-state index < -0.39 is 0 Å². The predicted molar refractivity (Wildman–Crippen MR) is 75.1 cm³/mol. The number of hydrogen-bond acceptors (Lipinski definition) is 5. The SMILES string of the molecule is CCCNc1nc(C)cc(NC(CC)COC)n1. The number of rotatable bonds is 8. The molecule has 0 aromatic carbocycles. The lowest BCUT2D eigenvalue weighted by molar-refractivity contribution is 0.184. The van der Waals surface area contributed by atoms with Gasteiger partial charge in [-0.2, -0.15) is 4.98 Å². The maximum Gasteiger partial charge on any atom is 0.224 e. The number of hydrogen-bond donors (Lipinski definition) is 2. The van der Waals surface area contributed by atoms with E-state index in [2.05, 4.69) is 34.4 Å². The van der Waals surface area contributed by atoms with Crippen molar-refractivity contribution in [1.29, 1.82) is 0 Å². The van der Waals surface area contributed by atoms with Crippen molar-refractivity contribution in [3.8, 4) is 0 Å². The van der Waals surface area contributed by atoms with E-state index >= 15 is 0 Å². The van der Waals surface area contributed by atoms with Gasteiger partial charge in [0.05, 0.1) is 12.6 Å². The molecule has 2 N–H and O–H groups in total. The first kappa shape index (κ1) is 14.7. The molecule has 1 aromatic heterocycles. The Morgan fingerprint density at radius 3 is 2.72 bits per heavy atom. The molecule has 1 atom stereocenters. The summed E-state index contributed by atoms with van der Waals surface area (Å²) in [6.45, 7) is 7.78. The minimum atomic E-state index is 0.281. The molecule has 0 aliphatic rings. The van der Waals surface area contributed by atoms with Crippen LogP contribution in [0.4, 0.5) is 11.8 Å². The maximum atomic E-state index is 5.17. The van der Waals surface area contributed by atoms with Gasteiger partial charge in [0.15, 0.2) is 0 Å². The molecule has 102 valence electrons. The smallest absolute Gasteiger partial charge is 0.224 e. The summed E-state index contributed by atoms with van der Waals surface area (Å²) in [7, 11) is 1.71. The van der Waals surface area contributed by atoms with Crippen molar-refractivity contribution in [1.82, 2.24) is 9.97 Å². The Morgan fingerprint density at radius 1 is 1.33 bits per heavy atom. The maximum absolute atomic E-state index is 5.17. The highest BCUT2D eigenvalue weighted by Crippen LogP contribution is 2.12. The van der Waals surface area contributed by atoms with Crippen LogP contribution in [0.15, 0.2) is 6.07 Å². The van der Waals surface area contributed by atoms with E-state index in [4.69, 9.17) is 4.74 Å². The third kappa shape index (κ3) is 4.87. The molecule has 0 aliphatic carbocycles. The number of ether oxygens (including phenoxy) is 1. The fraction of sp³-hybridized carbons (Fsp3) is 0.692. The van der Waals surface area contributed by atoms with Crippen LogP contribution in [0.2, 0.25) is 0 Å². The largest absolute Gasteiger partial charge is 0.383 e. The molecule has 18 heavy (non-hydrogen) atoms. The van der Waals surface area contributed by atoms with Gasteiger partial charge in [-0.25, -0.2) is 4.98 Å². The average Bonchev–Trinajstić information content (AvgIpc) is 2.35. The fourth-order valence-corrected chi connectivity index (χ4v) is 1.63. The van der Waals surface area contributed by atoms with Crippen molar-refractivity contribution in [2.45, 2.75) is 39.7 Å². The van der Waals surface area contributed by atoms with E-state index in [-0.39, 0.29) is 6.04 Å². The number of aromatic nitrogens is 2. The van der Waals surface area contributed by atoms with E-state index in [1.165, 1.54) is 0 Å². The van der Waals surface area contributed by atoms with Gasteiger partial charge in [-0.3, -0.25) is 0 Å². The molecule has 0 amide bonds. The summed E-state index contributed by atoms with van der Waals surface area (Å²) in [6.07, 6.45) is 2.05. The molecule has 1 rings (SSSR count). The normalized spacial score (nSPS) is 12.2. The standard InChI is InChI=1S/C13H24N4O/c1-5-7-14-13-15-10(3)8-12(17-13)16-11(6-2)9-18-4/h8,11H,5-7,9H2,1-4H3,(H2,14,15,16,17). The zero-order chi connectivity index (χ0) is 13.4. The Labute approximate surface area is 109 Å². The quantitative estimate of drug-likeness (QED) is 0.744. The van der Waals surface area contributed by atoms with Gasteiger partial charge in [-0.1, -0.05) is 13.8 Å². The fourth-order valence-electron chi connectivity index (χ4n) is 1.63. The number of aryl methyl sites for hydroxylation is 1. The van der Waals surface area contributed by atoms with E-state index in [1.807, 2.05) is 13.0 Å². The summed E-state index contributed by atoms with van der Waals surface area (Å²) in [5, 5.41) is 6.58. The first-order valence-electron chi connectivity index (χ1n) is 6.54. The van der Waals surface area contributed by atoms with Crippen LogP contribution < -0.4 is 10.6 Å². The third-order valence-corrected chi connectivity index (χ3v) is 2.60. The number of nitrogens with zero attached hydrogens (tertiary/aromatic N) is 2. The van der Waals surface area contributed by atoms with Gasteiger partial charge in [-0.05, 0) is 19.8 Å². The first-order valence-corrected chi connectivity index (χ1v) is 6.54. The molecule has 1 heterocycles. The van der Waals surface area contributed by atoms with Crippen molar-refractivity contribution in [2.24, 2.45) is 0 Å². The van der Waals surface area contributed by atoms with Gasteiger partial charge in [0.1, 0.15) is 5.82 Å². The highest BCUT2D eigenvalue weighted by Gasteiger charge is 2.08. The lowest BCUT2D eigenvalue weighted by Gasteiger charge is -2.17. The van der Waals surface area contributed by atoms with Crippen molar-refractivity contribution in [2.75, 3.05) is 30.9 Å². The van der Waals surface area contributed by atoms with E-state index in [1.54, 1.807) is 7.11 Å². The van der Waals surface area contributed by atoms with E-state index in [0.717, 1.165) is 30.9 Å². The molecule has 0 spiro atoms. The van der Waals surface area contributed by atoms with Crippen LogP contribution in [0.3, 0.4) is 0 Å². The second kappa shape index (κ2) is 7.87. The Balaban J connectivity index is 2.71. The van der Waals surface area contributed by atoms with Gasteiger partial charge in [0, 0.05) is 25.4 Å². The minimum Gasteiger partial charge on any atom is -0.383 e. The lowest BCUT2D eigenvalue weighted by atomic mass is 10.2. The van der Waals surface area contributed by atoms with Crippen LogP contribution in [0.25, 0.3) is 0 Å². The monoisotopic (exact) mass is 252 g/mol. The topological polar surface area (TPSA) is 59.1 Å². The summed E-state index contributed by atoms with van der Waals surface area (Å²) in [5.41, 5.74) is 0.957. The minimum absolute atomic E-state index is 0.281. The molecule has 0 saturated heterocycles. The number of anilines is 2. The Hall–Kier alpha value is -1.36. The molecule has 0 radical (unpaired) electrons. The summed E-state index contributed by atoms with van der Waals surface area (Å²) in [4.78, 5) is 8.81. The van der Waals surface area contributed by atoms with E-state index in [9.17, 15) is 0 Å². The summed E-state index contributed by atoms with van der Waals surface area (Å²) in [5.74, 6) is 1.54. The van der Waals surface area contributed by atoms with Crippen LogP contribution >= 0.6 is 0 Å². The van der Waals surface area contributed by atoms with Gasteiger partial charge in [0.25, 0.3) is 0 Å². The summed E-state index contributed by atoms with van der Waals surface area (Å²) in [6, 6.07) is 2.23. The molecule has 0 fully saturated rings. The Morgan fingerprint density at radius 2 is 2.11 bits per heavy atom. The van der Waals surface area contributed by atoms with Crippen molar-refractivity contribution in [3.05, 3.63) is 11.8 Å². The van der Waals surface area contributed by atoms with Crippen LogP contribution in [-0.2, 0) is 4.74 Å². The van der Waals surface area contributed by atoms with Crippen LogP contribution in [0.1, 0.15) is 32.4 Å². The summed E-state index contributed by atoms with van der Waals surface area (Å²) >= 11 is 0. The average molecular weight is 252 g/mol. The third-order valence-electron chi connectivity index (χ3n) is 2.60. The molecule has 0 aliphatic heterocycles. The van der Waals surface area contributed by atoms with Crippen LogP contribution in [0, 0.1) is 6.92 Å². The number of nitrogens with one attached hydrogen (secondary N) is 2.